The molecule has 18 heavy (non-hydrogen) atoms. The first-order valence-electron chi connectivity index (χ1n) is 6.43. The highest BCUT2D eigenvalue weighted by Gasteiger charge is 2.19. The molecule has 0 radical (unpaired) electrons. The van der Waals surface area contributed by atoms with Gasteiger partial charge >= 0.3 is 0 Å². The maximum atomic E-state index is 5.42. The van der Waals surface area contributed by atoms with E-state index < -0.39 is 0 Å². The fraction of sp³-hybridized carbons (Fsp3) is 0.571. The molecule has 0 spiro atoms. The predicted octanol–water partition coefficient (Wildman–Crippen LogP) is 1.72. The lowest BCUT2D eigenvalue weighted by atomic mass is 10.1. The van der Waals surface area contributed by atoms with E-state index in [-0.39, 0.29) is 6.04 Å². The Hall–Kier alpha value is -1.26. The van der Waals surface area contributed by atoms with Gasteiger partial charge in [0.15, 0.2) is 0 Å². The summed E-state index contributed by atoms with van der Waals surface area (Å²) >= 11 is 0. The minimum atomic E-state index is 0.250. The fourth-order valence-electron chi connectivity index (χ4n) is 2.42. The smallest absolute Gasteiger partial charge is 0.123 e. The second kappa shape index (κ2) is 6.07. The van der Waals surface area contributed by atoms with Crippen LogP contribution in [-0.4, -0.2) is 33.4 Å². The molecule has 1 aliphatic rings. The van der Waals surface area contributed by atoms with Gasteiger partial charge in [-0.15, -0.1) is 0 Å². The van der Waals surface area contributed by atoms with E-state index in [1.165, 1.54) is 6.42 Å². The van der Waals surface area contributed by atoms with Crippen LogP contribution in [0, 0.1) is 0 Å². The highest BCUT2D eigenvalue weighted by molar-refractivity contribution is 5.42. The standard InChI is InChI=1S/C14H22N2O2/c1-10(16-11-6-7-15-9-11)13-8-12(17-2)4-5-14(13)18-3/h4-5,8,10-11,15-16H,6-7,9H2,1-3H3. The molecule has 1 aromatic carbocycles. The molecule has 2 N–H and O–H groups in total. The van der Waals surface area contributed by atoms with Gasteiger partial charge in [-0.3, -0.25) is 0 Å². The van der Waals surface area contributed by atoms with Crippen molar-refractivity contribution in [2.45, 2.75) is 25.4 Å². The lowest BCUT2D eigenvalue weighted by Gasteiger charge is -2.21. The van der Waals surface area contributed by atoms with Crippen molar-refractivity contribution in [1.82, 2.24) is 10.6 Å². The summed E-state index contributed by atoms with van der Waals surface area (Å²) in [5.74, 6) is 1.77. The molecule has 2 unspecified atom stereocenters. The molecule has 1 heterocycles. The average Bonchev–Trinajstić information content (AvgIpc) is 2.90. The minimum Gasteiger partial charge on any atom is -0.497 e. The molecule has 4 heteroatoms. The Bertz CT molecular complexity index is 389. The van der Waals surface area contributed by atoms with E-state index >= 15 is 0 Å². The van der Waals surface area contributed by atoms with Crippen LogP contribution in [0.3, 0.4) is 0 Å². The first kappa shape index (κ1) is 13.2. The second-order valence-corrected chi connectivity index (χ2v) is 4.69. The quantitative estimate of drug-likeness (QED) is 0.835. The van der Waals surface area contributed by atoms with E-state index in [9.17, 15) is 0 Å². The van der Waals surface area contributed by atoms with Crippen molar-refractivity contribution < 1.29 is 9.47 Å². The largest absolute Gasteiger partial charge is 0.497 e. The van der Waals surface area contributed by atoms with Gasteiger partial charge in [0.05, 0.1) is 14.2 Å². The Balaban J connectivity index is 2.13. The average molecular weight is 250 g/mol. The zero-order valence-electron chi connectivity index (χ0n) is 11.3. The molecule has 0 amide bonds. The zero-order chi connectivity index (χ0) is 13.0. The van der Waals surface area contributed by atoms with Crippen LogP contribution in [0.25, 0.3) is 0 Å². The lowest BCUT2D eigenvalue weighted by Crippen LogP contribution is -2.33. The van der Waals surface area contributed by atoms with E-state index in [1.807, 2.05) is 18.2 Å². The number of ether oxygens (including phenoxy) is 2. The first-order valence-corrected chi connectivity index (χ1v) is 6.43. The van der Waals surface area contributed by atoms with Crippen LogP contribution in [0.1, 0.15) is 24.9 Å². The topological polar surface area (TPSA) is 42.5 Å². The molecule has 2 atom stereocenters. The van der Waals surface area contributed by atoms with E-state index in [1.54, 1.807) is 14.2 Å². The van der Waals surface area contributed by atoms with Crippen LogP contribution >= 0.6 is 0 Å². The Kier molecular flexibility index (Phi) is 4.44. The first-order chi connectivity index (χ1) is 8.74. The molecule has 0 bridgehead atoms. The van der Waals surface area contributed by atoms with Gasteiger partial charge in [0.2, 0.25) is 0 Å². The summed E-state index contributed by atoms with van der Waals surface area (Å²) in [5.41, 5.74) is 1.14. The fourth-order valence-corrected chi connectivity index (χ4v) is 2.42. The van der Waals surface area contributed by atoms with Gasteiger partial charge in [-0.1, -0.05) is 0 Å². The monoisotopic (exact) mass is 250 g/mol. The third-order valence-electron chi connectivity index (χ3n) is 3.45. The van der Waals surface area contributed by atoms with Gasteiger partial charge in [0.25, 0.3) is 0 Å². The number of hydrogen-bond donors (Lipinski definition) is 2. The Morgan fingerprint density at radius 2 is 2.17 bits per heavy atom. The molecule has 4 nitrogen and oxygen atoms in total. The third kappa shape index (κ3) is 2.94. The zero-order valence-corrected chi connectivity index (χ0v) is 11.3. The minimum absolute atomic E-state index is 0.250. The normalized spacial score (nSPS) is 20.7. The second-order valence-electron chi connectivity index (χ2n) is 4.69. The summed E-state index contributed by atoms with van der Waals surface area (Å²) in [7, 11) is 3.39. The van der Waals surface area contributed by atoms with E-state index in [2.05, 4.69) is 17.6 Å². The predicted molar refractivity (Wildman–Crippen MR) is 72.4 cm³/mol. The summed E-state index contributed by atoms with van der Waals surface area (Å²) < 4.78 is 10.7. The van der Waals surface area contributed by atoms with Crippen LogP contribution in [0.2, 0.25) is 0 Å². The van der Waals surface area contributed by atoms with E-state index in [4.69, 9.17) is 9.47 Å². The number of rotatable bonds is 5. The van der Waals surface area contributed by atoms with Crippen molar-refractivity contribution in [3.63, 3.8) is 0 Å². The van der Waals surface area contributed by atoms with Crippen molar-refractivity contribution in [3.8, 4) is 11.5 Å². The summed E-state index contributed by atoms with van der Waals surface area (Å²) in [6.45, 7) is 4.30. The van der Waals surface area contributed by atoms with Gasteiger partial charge in [0.1, 0.15) is 11.5 Å². The lowest BCUT2D eigenvalue weighted by molar-refractivity contribution is 0.386. The Morgan fingerprint density at radius 1 is 1.33 bits per heavy atom. The summed E-state index contributed by atoms with van der Waals surface area (Å²) in [6, 6.07) is 6.71. The van der Waals surface area contributed by atoms with Crippen molar-refractivity contribution in [1.29, 1.82) is 0 Å². The summed E-state index contributed by atoms with van der Waals surface area (Å²) in [6.07, 6.45) is 1.18. The van der Waals surface area contributed by atoms with Crippen molar-refractivity contribution in [2.24, 2.45) is 0 Å². The summed E-state index contributed by atoms with van der Waals surface area (Å²) in [4.78, 5) is 0. The van der Waals surface area contributed by atoms with Gasteiger partial charge in [0, 0.05) is 24.2 Å². The molecule has 0 aliphatic carbocycles. The highest BCUT2D eigenvalue weighted by atomic mass is 16.5. The van der Waals surface area contributed by atoms with Crippen molar-refractivity contribution >= 4 is 0 Å². The number of methoxy groups -OCH3 is 2. The van der Waals surface area contributed by atoms with Crippen molar-refractivity contribution in [2.75, 3.05) is 27.3 Å². The molecular formula is C14H22N2O2. The molecule has 2 rings (SSSR count). The van der Waals surface area contributed by atoms with E-state index in [0.717, 1.165) is 30.2 Å². The molecule has 100 valence electrons. The molecular weight excluding hydrogens is 228 g/mol. The van der Waals surface area contributed by atoms with Crippen molar-refractivity contribution in [3.05, 3.63) is 23.8 Å². The number of nitrogens with one attached hydrogen (secondary N) is 2. The molecule has 1 aromatic rings. The maximum Gasteiger partial charge on any atom is 0.123 e. The van der Waals surface area contributed by atoms with Crippen LogP contribution < -0.4 is 20.1 Å². The van der Waals surface area contributed by atoms with Crippen LogP contribution in [0.15, 0.2) is 18.2 Å². The van der Waals surface area contributed by atoms with Gasteiger partial charge < -0.3 is 20.1 Å². The summed E-state index contributed by atoms with van der Waals surface area (Å²) in [5, 5.41) is 6.98. The molecule has 0 saturated carbocycles. The van der Waals surface area contributed by atoms with Crippen LogP contribution in [0.4, 0.5) is 0 Å². The number of hydrogen-bond acceptors (Lipinski definition) is 4. The van der Waals surface area contributed by atoms with Gasteiger partial charge in [-0.05, 0) is 38.1 Å². The molecule has 0 aromatic heterocycles. The SMILES string of the molecule is COc1ccc(OC)c(C(C)NC2CCNC2)c1. The Morgan fingerprint density at radius 3 is 2.78 bits per heavy atom. The van der Waals surface area contributed by atoms with Gasteiger partial charge in [-0.2, -0.15) is 0 Å². The molecule has 1 fully saturated rings. The van der Waals surface area contributed by atoms with Crippen LogP contribution in [0.5, 0.6) is 11.5 Å². The van der Waals surface area contributed by atoms with Gasteiger partial charge in [-0.25, -0.2) is 0 Å². The third-order valence-corrected chi connectivity index (χ3v) is 3.45. The highest BCUT2D eigenvalue weighted by Crippen LogP contribution is 2.29. The molecule has 1 aliphatic heterocycles. The Labute approximate surface area is 109 Å². The maximum absolute atomic E-state index is 5.42. The van der Waals surface area contributed by atoms with Crippen LogP contribution in [-0.2, 0) is 0 Å². The molecule has 1 saturated heterocycles. The van der Waals surface area contributed by atoms with E-state index in [0.29, 0.717) is 6.04 Å². The number of benzene rings is 1.